The summed E-state index contributed by atoms with van der Waals surface area (Å²) in [5.41, 5.74) is 1.96. The maximum Gasteiger partial charge on any atom is 0.331 e. The second-order valence-corrected chi connectivity index (χ2v) is 7.08. The molecule has 1 aromatic carbocycles. The SMILES string of the molecule is CC(C)(C(=O)O)n1cc(NC(=O)CC2CCCc3ccccc32)cn1. The van der Waals surface area contributed by atoms with Gasteiger partial charge in [-0.2, -0.15) is 5.10 Å². The van der Waals surface area contributed by atoms with Gasteiger partial charge in [0, 0.05) is 12.6 Å². The maximum atomic E-state index is 12.4. The highest BCUT2D eigenvalue weighted by Crippen LogP contribution is 2.34. The smallest absolute Gasteiger partial charge is 0.331 e. The predicted octanol–water partition coefficient (Wildman–Crippen LogP) is 3.15. The summed E-state index contributed by atoms with van der Waals surface area (Å²) in [5, 5.41) is 16.1. The summed E-state index contributed by atoms with van der Waals surface area (Å²) in [4.78, 5) is 23.7. The average molecular weight is 341 g/mol. The number of carboxylic acids is 1. The van der Waals surface area contributed by atoms with E-state index in [1.165, 1.54) is 22.0 Å². The predicted molar refractivity (Wildman–Crippen MR) is 94.6 cm³/mol. The molecular weight excluding hydrogens is 318 g/mol. The van der Waals surface area contributed by atoms with E-state index in [0.29, 0.717) is 12.1 Å². The molecule has 2 N–H and O–H groups in total. The summed E-state index contributed by atoms with van der Waals surface area (Å²) in [6.45, 7) is 3.12. The van der Waals surface area contributed by atoms with Crippen molar-refractivity contribution in [1.29, 1.82) is 0 Å². The van der Waals surface area contributed by atoms with Gasteiger partial charge in [-0.1, -0.05) is 24.3 Å². The summed E-state index contributed by atoms with van der Waals surface area (Å²) in [5.74, 6) is -0.822. The third-order valence-corrected chi connectivity index (χ3v) is 4.89. The lowest BCUT2D eigenvalue weighted by Crippen LogP contribution is -2.35. The molecule has 1 aromatic heterocycles. The number of anilines is 1. The molecule has 1 aliphatic rings. The Labute approximate surface area is 146 Å². The monoisotopic (exact) mass is 341 g/mol. The van der Waals surface area contributed by atoms with Crippen LogP contribution in [0, 0.1) is 0 Å². The average Bonchev–Trinajstić information content (AvgIpc) is 3.04. The zero-order valence-electron chi connectivity index (χ0n) is 14.5. The number of carbonyl (C=O) groups excluding carboxylic acids is 1. The number of rotatable bonds is 5. The van der Waals surface area contributed by atoms with E-state index in [-0.39, 0.29) is 11.8 Å². The number of carboxylic acid groups (broad SMARTS) is 1. The number of amides is 1. The van der Waals surface area contributed by atoms with Gasteiger partial charge in [0.25, 0.3) is 0 Å². The highest BCUT2D eigenvalue weighted by atomic mass is 16.4. The van der Waals surface area contributed by atoms with Crippen LogP contribution >= 0.6 is 0 Å². The minimum atomic E-state index is -1.16. The number of hydrogen-bond donors (Lipinski definition) is 2. The quantitative estimate of drug-likeness (QED) is 0.875. The second-order valence-electron chi connectivity index (χ2n) is 7.08. The van der Waals surface area contributed by atoms with Gasteiger partial charge >= 0.3 is 5.97 Å². The van der Waals surface area contributed by atoms with Crippen molar-refractivity contribution in [1.82, 2.24) is 9.78 Å². The van der Waals surface area contributed by atoms with E-state index < -0.39 is 11.5 Å². The zero-order valence-corrected chi connectivity index (χ0v) is 14.5. The molecule has 1 heterocycles. The number of hydrogen-bond acceptors (Lipinski definition) is 3. The Morgan fingerprint density at radius 3 is 2.88 bits per heavy atom. The first-order valence-corrected chi connectivity index (χ1v) is 8.54. The van der Waals surface area contributed by atoms with Crippen molar-refractivity contribution in [3.8, 4) is 0 Å². The summed E-state index contributed by atoms with van der Waals surface area (Å²) in [6.07, 6.45) is 6.64. The highest BCUT2D eigenvalue weighted by Gasteiger charge is 2.30. The Hall–Kier alpha value is -2.63. The molecule has 1 aliphatic carbocycles. The van der Waals surface area contributed by atoms with Crippen LogP contribution in [0.25, 0.3) is 0 Å². The minimum Gasteiger partial charge on any atom is -0.479 e. The lowest BCUT2D eigenvalue weighted by Gasteiger charge is -2.24. The fraction of sp³-hybridized carbons (Fsp3) is 0.421. The summed E-state index contributed by atoms with van der Waals surface area (Å²) in [7, 11) is 0. The zero-order chi connectivity index (χ0) is 18.0. The van der Waals surface area contributed by atoms with E-state index in [0.717, 1.165) is 19.3 Å². The van der Waals surface area contributed by atoms with E-state index in [9.17, 15) is 14.7 Å². The number of fused-ring (bicyclic) bond motifs is 1. The second kappa shape index (κ2) is 6.70. The molecule has 1 unspecified atom stereocenters. The van der Waals surface area contributed by atoms with Crippen LogP contribution in [0.2, 0.25) is 0 Å². The molecule has 0 aliphatic heterocycles. The first kappa shape index (κ1) is 17.2. The van der Waals surface area contributed by atoms with Gasteiger partial charge in [-0.05, 0) is 50.2 Å². The molecule has 6 heteroatoms. The van der Waals surface area contributed by atoms with Gasteiger partial charge in [0.2, 0.25) is 5.91 Å². The van der Waals surface area contributed by atoms with Gasteiger partial charge < -0.3 is 10.4 Å². The van der Waals surface area contributed by atoms with Crippen LogP contribution in [0.4, 0.5) is 5.69 Å². The van der Waals surface area contributed by atoms with Crippen LogP contribution in [-0.2, 0) is 21.5 Å². The molecule has 0 bridgehead atoms. The number of nitrogens with one attached hydrogen (secondary N) is 1. The molecule has 1 amide bonds. The standard InChI is InChI=1S/C19H23N3O3/c1-19(2,18(24)25)22-12-15(11-20-22)21-17(23)10-14-8-5-7-13-6-3-4-9-16(13)14/h3-4,6,9,11-12,14H,5,7-8,10H2,1-2H3,(H,21,23)(H,24,25). The lowest BCUT2D eigenvalue weighted by molar-refractivity contribution is -0.146. The third-order valence-electron chi connectivity index (χ3n) is 4.89. The van der Waals surface area contributed by atoms with Gasteiger partial charge in [0.1, 0.15) is 0 Å². The molecule has 2 aromatic rings. The van der Waals surface area contributed by atoms with Crippen molar-refractivity contribution in [2.24, 2.45) is 0 Å². The number of nitrogens with zero attached hydrogens (tertiary/aromatic N) is 2. The largest absolute Gasteiger partial charge is 0.479 e. The molecule has 0 saturated carbocycles. The van der Waals surface area contributed by atoms with Gasteiger partial charge in [-0.15, -0.1) is 0 Å². The Morgan fingerprint density at radius 2 is 2.12 bits per heavy atom. The number of aromatic nitrogens is 2. The van der Waals surface area contributed by atoms with Crippen LogP contribution in [0.1, 0.15) is 50.2 Å². The molecular formula is C19H23N3O3. The van der Waals surface area contributed by atoms with Gasteiger partial charge in [-0.25, -0.2) is 4.79 Å². The van der Waals surface area contributed by atoms with Crippen molar-refractivity contribution in [2.75, 3.05) is 5.32 Å². The van der Waals surface area contributed by atoms with E-state index >= 15 is 0 Å². The Balaban J connectivity index is 1.66. The van der Waals surface area contributed by atoms with Crippen LogP contribution in [0.5, 0.6) is 0 Å². The molecule has 3 rings (SSSR count). The maximum absolute atomic E-state index is 12.4. The first-order chi connectivity index (χ1) is 11.9. The van der Waals surface area contributed by atoms with Crippen molar-refractivity contribution in [3.63, 3.8) is 0 Å². The molecule has 132 valence electrons. The summed E-state index contributed by atoms with van der Waals surface area (Å²) >= 11 is 0. The topological polar surface area (TPSA) is 84.2 Å². The van der Waals surface area contributed by atoms with Crippen LogP contribution < -0.4 is 5.32 Å². The molecule has 25 heavy (non-hydrogen) atoms. The summed E-state index contributed by atoms with van der Waals surface area (Å²) in [6, 6.07) is 8.31. The van der Waals surface area contributed by atoms with Gasteiger partial charge in [-0.3, -0.25) is 9.48 Å². The third kappa shape index (κ3) is 3.57. The number of carbonyl (C=O) groups is 2. The van der Waals surface area contributed by atoms with Crippen molar-refractivity contribution < 1.29 is 14.7 Å². The Kier molecular flexibility index (Phi) is 4.61. The molecule has 0 radical (unpaired) electrons. The van der Waals surface area contributed by atoms with Crippen molar-refractivity contribution in [3.05, 3.63) is 47.8 Å². The number of benzene rings is 1. The van der Waals surface area contributed by atoms with Crippen molar-refractivity contribution in [2.45, 2.75) is 51.0 Å². The molecule has 0 spiro atoms. The van der Waals surface area contributed by atoms with E-state index in [1.54, 1.807) is 20.0 Å². The first-order valence-electron chi connectivity index (χ1n) is 8.54. The lowest BCUT2D eigenvalue weighted by atomic mass is 9.81. The molecule has 0 saturated heterocycles. The Bertz CT molecular complexity index is 795. The number of aliphatic carboxylic acids is 1. The van der Waals surface area contributed by atoms with E-state index in [2.05, 4.69) is 22.5 Å². The highest BCUT2D eigenvalue weighted by molar-refractivity contribution is 5.91. The van der Waals surface area contributed by atoms with Crippen LogP contribution in [-0.4, -0.2) is 26.8 Å². The number of aryl methyl sites for hydroxylation is 1. The van der Waals surface area contributed by atoms with E-state index in [1.807, 2.05) is 12.1 Å². The van der Waals surface area contributed by atoms with Crippen LogP contribution in [0.15, 0.2) is 36.7 Å². The fourth-order valence-corrected chi connectivity index (χ4v) is 3.29. The van der Waals surface area contributed by atoms with Crippen molar-refractivity contribution >= 4 is 17.6 Å². The van der Waals surface area contributed by atoms with Crippen LogP contribution in [0.3, 0.4) is 0 Å². The molecule has 0 fully saturated rings. The minimum absolute atomic E-state index is 0.0746. The van der Waals surface area contributed by atoms with Gasteiger partial charge in [0.15, 0.2) is 5.54 Å². The Morgan fingerprint density at radius 1 is 1.36 bits per heavy atom. The normalized spacial score (nSPS) is 17.0. The fourth-order valence-electron chi connectivity index (χ4n) is 3.29. The van der Waals surface area contributed by atoms with Gasteiger partial charge in [0.05, 0.1) is 11.9 Å². The molecule has 1 atom stereocenters. The van der Waals surface area contributed by atoms with E-state index in [4.69, 9.17) is 0 Å². The summed E-state index contributed by atoms with van der Waals surface area (Å²) < 4.78 is 1.35. The molecule has 6 nitrogen and oxygen atoms in total.